The Balaban J connectivity index is 2.86. The van der Waals surface area contributed by atoms with Crippen LogP contribution in [0.5, 0.6) is 0 Å². The standard InChI is InChI=1S/C14H20N2/c1-5-14(3,4)10-16-13-11(2)7-6-8-12(13)9-15/h6-8,16H,5,10H2,1-4H3. The normalized spacial score (nSPS) is 10.9. The molecule has 86 valence electrons. The Hall–Kier alpha value is -1.49. The lowest BCUT2D eigenvalue weighted by molar-refractivity contribution is 0.377. The van der Waals surface area contributed by atoms with E-state index in [1.165, 1.54) is 0 Å². The molecule has 0 aliphatic heterocycles. The van der Waals surface area contributed by atoms with E-state index in [0.29, 0.717) is 0 Å². The summed E-state index contributed by atoms with van der Waals surface area (Å²) in [6.45, 7) is 9.56. The predicted molar refractivity (Wildman–Crippen MR) is 68.5 cm³/mol. The van der Waals surface area contributed by atoms with E-state index in [1.807, 2.05) is 25.1 Å². The van der Waals surface area contributed by atoms with Crippen LogP contribution in [0.2, 0.25) is 0 Å². The van der Waals surface area contributed by atoms with Crippen molar-refractivity contribution in [1.29, 1.82) is 5.26 Å². The zero-order chi connectivity index (χ0) is 12.2. The second-order valence-corrected chi connectivity index (χ2v) is 4.98. The summed E-state index contributed by atoms with van der Waals surface area (Å²) in [6.07, 6.45) is 1.12. The van der Waals surface area contributed by atoms with E-state index in [0.717, 1.165) is 29.8 Å². The van der Waals surface area contributed by atoms with E-state index >= 15 is 0 Å². The van der Waals surface area contributed by atoms with Crippen LogP contribution in [0.1, 0.15) is 38.3 Å². The fraction of sp³-hybridized carbons (Fsp3) is 0.500. The molecule has 1 aromatic rings. The molecule has 0 saturated heterocycles. The van der Waals surface area contributed by atoms with Crippen LogP contribution in [0, 0.1) is 23.7 Å². The summed E-state index contributed by atoms with van der Waals surface area (Å²) in [5.74, 6) is 0. The number of para-hydroxylation sites is 1. The van der Waals surface area contributed by atoms with Gasteiger partial charge >= 0.3 is 0 Å². The van der Waals surface area contributed by atoms with Gasteiger partial charge in [-0.1, -0.05) is 32.9 Å². The molecule has 0 fully saturated rings. The van der Waals surface area contributed by atoms with Crippen molar-refractivity contribution >= 4 is 5.69 Å². The van der Waals surface area contributed by atoms with E-state index in [9.17, 15) is 0 Å². The molecule has 0 amide bonds. The smallest absolute Gasteiger partial charge is 0.101 e. The predicted octanol–water partition coefficient (Wildman–Crippen LogP) is 3.71. The van der Waals surface area contributed by atoms with Crippen LogP contribution in [0.25, 0.3) is 0 Å². The number of aryl methyl sites for hydroxylation is 1. The maximum atomic E-state index is 9.04. The lowest BCUT2D eigenvalue weighted by Crippen LogP contribution is -2.22. The number of nitrogens with one attached hydrogen (secondary N) is 1. The topological polar surface area (TPSA) is 35.8 Å². The lowest BCUT2D eigenvalue weighted by atomic mass is 9.90. The highest BCUT2D eigenvalue weighted by atomic mass is 14.9. The van der Waals surface area contributed by atoms with Crippen molar-refractivity contribution in [3.63, 3.8) is 0 Å². The molecule has 0 bridgehead atoms. The van der Waals surface area contributed by atoms with Gasteiger partial charge in [-0.15, -0.1) is 0 Å². The molecule has 2 nitrogen and oxygen atoms in total. The third-order valence-corrected chi connectivity index (χ3v) is 3.09. The average molecular weight is 216 g/mol. The zero-order valence-corrected chi connectivity index (χ0v) is 10.6. The summed E-state index contributed by atoms with van der Waals surface area (Å²) in [4.78, 5) is 0. The fourth-order valence-corrected chi connectivity index (χ4v) is 1.45. The molecule has 0 heterocycles. The first-order valence-corrected chi connectivity index (χ1v) is 5.74. The third-order valence-electron chi connectivity index (χ3n) is 3.09. The first-order valence-electron chi connectivity index (χ1n) is 5.74. The molecule has 0 unspecified atom stereocenters. The number of nitriles is 1. The van der Waals surface area contributed by atoms with Crippen LogP contribution in [-0.2, 0) is 0 Å². The molecule has 1 N–H and O–H groups in total. The van der Waals surface area contributed by atoms with Crippen molar-refractivity contribution < 1.29 is 0 Å². The summed E-state index contributed by atoms with van der Waals surface area (Å²) in [7, 11) is 0. The highest BCUT2D eigenvalue weighted by molar-refractivity contribution is 5.62. The van der Waals surface area contributed by atoms with Gasteiger partial charge in [0.25, 0.3) is 0 Å². The second-order valence-electron chi connectivity index (χ2n) is 4.98. The highest BCUT2D eigenvalue weighted by Gasteiger charge is 2.15. The SMILES string of the molecule is CCC(C)(C)CNc1c(C)cccc1C#N. The van der Waals surface area contributed by atoms with Crippen molar-refractivity contribution in [2.75, 3.05) is 11.9 Å². The minimum atomic E-state index is 0.259. The zero-order valence-electron chi connectivity index (χ0n) is 10.6. The molecule has 0 saturated carbocycles. The molecule has 1 rings (SSSR count). The molecule has 0 aliphatic carbocycles. The number of anilines is 1. The quantitative estimate of drug-likeness (QED) is 0.832. The molecular formula is C14H20N2. The van der Waals surface area contributed by atoms with Gasteiger partial charge in [-0.05, 0) is 30.4 Å². The maximum absolute atomic E-state index is 9.04. The minimum absolute atomic E-state index is 0.259. The summed E-state index contributed by atoms with van der Waals surface area (Å²) in [5.41, 5.74) is 3.10. The third kappa shape index (κ3) is 3.00. The Morgan fingerprint density at radius 1 is 1.38 bits per heavy atom. The summed E-state index contributed by atoms with van der Waals surface area (Å²) < 4.78 is 0. The molecule has 16 heavy (non-hydrogen) atoms. The molecule has 0 atom stereocenters. The van der Waals surface area contributed by atoms with Gasteiger partial charge in [0.15, 0.2) is 0 Å². The summed E-state index contributed by atoms with van der Waals surface area (Å²) in [6, 6.07) is 8.03. The van der Waals surface area contributed by atoms with Crippen LogP contribution in [-0.4, -0.2) is 6.54 Å². The van der Waals surface area contributed by atoms with Crippen molar-refractivity contribution in [3.8, 4) is 6.07 Å². The van der Waals surface area contributed by atoms with Gasteiger partial charge in [-0.25, -0.2) is 0 Å². The van der Waals surface area contributed by atoms with Crippen LogP contribution >= 0.6 is 0 Å². The van der Waals surface area contributed by atoms with Crippen molar-refractivity contribution in [3.05, 3.63) is 29.3 Å². The lowest BCUT2D eigenvalue weighted by Gasteiger charge is -2.24. The molecule has 2 heteroatoms. The molecule has 1 aromatic carbocycles. The monoisotopic (exact) mass is 216 g/mol. The number of hydrogen-bond acceptors (Lipinski definition) is 2. The van der Waals surface area contributed by atoms with Crippen LogP contribution in [0.15, 0.2) is 18.2 Å². The van der Waals surface area contributed by atoms with Gasteiger partial charge in [0.2, 0.25) is 0 Å². The molecule has 0 aromatic heterocycles. The average Bonchev–Trinajstić information content (AvgIpc) is 2.27. The van der Waals surface area contributed by atoms with Gasteiger partial charge in [-0.3, -0.25) is 0 Å². The van der Waals surface area contributed by atoms with Crippen molar-refractivity contribution in [2.45, 2.75) is 34.1 Å². The first kappa shape index (κ1) is 12.6. The molecular weight excluding hydrogens is 196 g/mol. The fourth-order valence-electron chi connectivity index (χ4n) is 1.45. The van der Waals surface area contributed by atoms with E-state index < -0.39 is 0 Å². The van der Waals surface area contributed by atoms with E-state index in [1.54, 1.807) is 0 Å². The van der Waals surface area contributed by atoms with Crippen LogP contribution in [0.3, 0.4) is 0 Å². The number of hydrogen-bond donors (Lipinski definition) is 1. The van der Waals surface area contributed by atoms with Crippen molar-refractivity contribution in [1.82, 2.24) is 0 Å². The largest absolute Gasteiger partial charge is 0.383 e. The highest BCUT2D eigenvalue weighted by Crippen LogP contribution is 2.24. The van der Waals surface area contributed by atoms with Gasteiger partial charge in [-0.2, -0.15) is 5.26 Å². The van der Waals surface area contributed by atoms with Gasteiger partial charge in [0, 0.05) is 6.54 Å². The molecule has 0 spiro atoms. The van der Waals surface area contributed by atoms with Crippen molar-refractivity contribution in [2.24, 2.45) is 5.41 Å². The van der Waals surface area contributed by atoms with Gasteiger partial charge in [0.1, 0.15) is 6.07 Å². The molecule has 0 radical (unpaired) electrons. The van der Waals surface area contributed by atoms with Crippen LogP contribution in [0.4, 0.5) is 5.69 Å². The van der Waals surface area contributed by atoms with E-state index in [2.05, 4.69) is 32.2 Å². The Morgan fingerprint density at radius 2 is 2.06 bits per heavy atom. The minimum Gasteiger partial charge on any atom is -0.383 e. The number of nitrogens with zero attached hydrogens (tertiary/aromatic N) is 1. The van der Waals surface area contributed by atoms with Crippen LogP contribution < -0.4 is 5.32 Å². The Morgan fingerprint density at radius 3 is 2.62 bits per heavy atom. The summed E-state index contributed by atoms with van der Waals surface area (Å²) in [5, 5.41) is 12.4. The number of benzene rings is 1. The van der Waals surface area contributed by atoms with Gasteiger partial charge < -0.3 is 5.32 Å². The van der Waals surface area contributed by atoms with E-state index in [-0.39, 0.29) is 5.41 Å². The summed E-state index contributed by atoms with van der Waals surface area (Å²) >= 11 is 0. The van der Waals surface area contributed by atoms with Gasteiger partial charge in [0.05, 0.1) is 11.3 Å². The first-order chi connectivity index (χ1) is 7.50. The Kier molecular flexibility index (Phi) is 3.95. The maximum Gasteiger partial charge on any atom is 0.101 e. The Bertz CT molecular complexity index is 400. The molecule has 0 aliphatic rings. The van der Waals surface area contributed by atoms with E-state index in [4.69, 9.17) is 5.26 Å². The second kappa shape index (κ2) is 5.03. The number of rotatable bonds is 4. The Labute approximate surface area is 98.3 Å².